The summed E-state index contributed by atoms with van der Waals surface area (Å²) in [6.45, 7) is 0. The van der Waals surface area contributed by atoms with Gasteiger partial charge < -0.3 is 18.9 Å². The molecule has 152 valence electrons. The summed E-state index contributed by atoms with van der Waals surface area (Å²) < 4.78 is 21.5. The minimum atomic E-state index is 0.607. The van der Waals surface area contributed by atoms with Crippen LogP contribution in [0.2, 0.25) is 0 Å². The molecule has 0 N–H and O–H groups in total. The van der Waals surface area contributed by atoms with E-state index in [9.17, 15) is 0 Å². The van der Waals surface area contributed by atoms with Crippen LogP contribution in [0.25, 0.3) is 33.3 Å². The Morgan fingerprint density at radius 2 is 0.933 bits per heavy atom. The first-order valence-corrected chi connectivity index (χ1v) is 9.12. The molecule has 0 unspecified atom stereocenters. The molecule has 4 aromatic rings. The molecule has 30 heavy (non-hydrogen) atoms. The summed E-state index contributed by atoms with van der Waals surface area (Å²) >= 11 is 0. The molecule has 2 aromatic carbocycles. The highest BCUT2D eigenvalue weighted by Crippen LogP contribution is 2.37. The van der Waals surface area contributed by atoms with Crippen molar-refractivity contribution in [3.8, 4) is 45.5 Å². The van der Waals surface area contributed by atoms with Crippen molar-refractivity contribution < 1.29 is 18.9 Å². The maximum atomic E-state index is 5.42. The van der Waals surface area contributed by atoms with Crippen molar-refractivity contribution in [2.24, 2.45) is 0 Å². The van der Waals surface area contributed by atoms with E-state index in [0.29, 0.717) is 34.4 Å². The van der Waals surface area contributed by atoms with Crippen LogP contribution in [0.4, 0.5) is 0 Å². The number of rotatable bonds is 6. The van der Waals surface area contributed by atoms with E-state index in [4.69, 9.17) is 18.9 Å². The van der Waals surface area contributed by atoms with Gasteiger partial charge in [-0.1, -0.05) is 0 Å². The molecule has 0 radical (unpaired) electrons. The van der Waals surface area contributed by atoms with E-state index in [-0.39, 0.29) is 0 Å². The lowest BCUT2D eigenvalue weighted by Gasteiger charge is -2.13. The highest BCUT2D eigenvalue weighted by atomic mass is 16.5. The Kier molecular flexibility index (Phi) is 5.30. The van der Waals surface area contributed by atoms with Crippen molar-refractivity contribution in [3.63, 3.8) is 0 Å². The average molecular weight is 404 g/mol. The number of ether oxygens (including phenoxy) is 4. The highest BCUT2D eigenvalue weighted by molar-refractivity contribution is 6.00. The fourth-order valence-electron chi connectivity index (χ4n) is 3.30. The predicted octanol–water partition coefficient (Wildman–Crippen LogP) is 3.79. The summed E-state index contributed by atoms with van der Waals surface area (Å²) in [5, 5.41) is 18.7. The van der Waals surface area contributed by atoms with Crippen LogP contribution in [0, 0.1) is 0 Å². The number of hydrogen-bond donors (Lipinski definition) is 0. The number of methoxy groups -OCH3 is 4. The van der Waals surface area contributed by atoms with Crippen LogP contribution in [-0.4, -0.2) is 48.8 Å². The largest absolute Gasteiger partial charge is 0.493 e. The Morgan fingerprint density at radius 3 is 1.30 bits per heavy atom. The molecule has 0 bridgehead atoms. The van der Waals surface area contributed by atoms with Gasteiger partial charge in [0.2, 0.25) is 0 Å². The van der Waals surface area contributed by atoms with Crippen LogP contribution in [0.5, 0.6) is 23.0 Å². The quantitative estimate of drug-likeness (QED) is 0.480. The van der Waals surface area contributed by atoms with Crippen molar-refractivity contribution in [3.05, 3.63) is 48.8 Å². The number of fused-ring (bicyclic) bond motifs is 1. The average Bonchev–Trinajstić information content (AvgIpc) is 2.82. The molecule has 0 spiro atoms. The van der Waals surface area contributed by atoms with Crippen molar-refractivity contribution in [1.82, 2.24) is 20.4 Å². The highest BCUT2D eigenvalue weighted by Gasteiger charge is 2.16. The molecule has 0 aliphatic rings. The van der Waals surface area contributed by atoms with E-state index >= 15 is 0 Å². The number of aromatic nitrogens is 4. The topological polar surface area (TPSA) is 88.5 Å². The van der Waals surface area contributed by atoms with Crippen LogP contribution in [-0.2, 0) is 0 Å². The zero-order valence-corrected chi connectivity index (χ0v) is 17.0. The summed E-state index contributed by atoms with van der Waals surface area (Å²) in [4.78, 5) is 0. The van der Waals surface area contributed by atoms with Gasteiger partial charge in [-0.2, -0.15) is 10.2 Å². The molecule has 2 aromatic heterocycles. The second kappa shape index (κ2) is 8.20. The van der Waals surface area contributed by atoms with Crippen LogP contribution in [0.15, 0.2) is 48.8 Å². The van der Waals surface area contributed by atoms with Crippen LogP contribution >= 0.6 is 0 Å². The monoisotopic (exact) mass is 404 g/mol. The van der Waals surface area contributed by atoms with Gasteiger partial charge in [0, 0.05) is 21.9 Å². The van der Waals surface area contributed by atoms with Crippen LogP contribution in [0.1, 0.15) is 0 Å². The first kappa shape index (κ1) is 19.4. The molecule has 4 rings (SSSR count). The molecule has 2 heterocycles. The third-order valence-electron chi connectivity index (χ3n) is 4.80. The Labute approximate surface area is 173 Å². The third-order valence-corrected chi connectivity index (χ3v) is 4.80. The fourth-order valence-corrected chi connectivity index (χ4v) is 3.30. The van der Waals surface area contributed by atoms with E-state index in [1.807, 2.05) is 36.4 Å². The van der Waals surface area contributed by atoms with Gasteiger partial charge in [0.15, 0.2) is 23.0 Å². The van der Waals surface area contributed by atoms with E-state index in [0.717, 1.165) is 21.9 Å². The zero-order chi connectivity index (χ0) is 21.1. The van der Waals surface area contributed by atoms with Crippen LogP contribution in [0.3, 0.4) is 0 Å². The summed E-state index contributed by atoms with van der Waals surface area (Å²) in [6.07, 6.45) is 3.36. The normalized spacial score (nSPS) is 10.7. The standard InChI is InChI=1S/C22H20N4O4/c1-27-17-7-5-13(9-19(17)29-3)21-15-11-23-24-12-16(15)22(26-25-21)14-6-8-18(28-2)20(10-14)30-4/h5-12H,1-4H3. The lowest BCUT2D eigenvalue weighted by molar-refractivity contribution is 0.355. The molecule has 0 saturated heterocycles. The smallest absolute Gasteiger partial charge is 0.161 e. The first-order valence-electron chi connectivity index (χ1n) is 9.12. The Balaban J connectivity index is 1.90. The second-order valence-electron chi connectivity index (χ2n) is 6.35. The van der Waals surface area contributed by atoms with Gasteiger partial charge in [-0.3, -0.25) is 0 Å². The van der Waals surface area contributed by atoms with Crippen molar-refractivity contribution >= 4 is 10.8 Å². The Bertz CT molecular complexity index is 1120. The maximum absolute atomic E-state index is 5.42. The summed E-state index contributed by atoms with van der Waals surface area (Å²) in [5.74, 6) is 2.49. The lowest BCUT2D eigenvalue weighted by Crippen LogP contribution is -1.98. The van der Waals surface area contributed by atoms with E-state index in [1.165, 1.54) is 0 Å². The molecule has 0 atom stereocenters. The third kappa shape index (κ3) is 3.32. The van der Waals surface area contributed by atoms with E-state index in [2.05, 4.69) is 20.4 Å². The predicted molar refractivity (Wildman–Crippen MR) is 112 cm³/mol. The first-order chi connectivity index (χ1) is 14.7. The number of nitrogens with zero attached hydrogens (tertiary/aromatic N) is 4. The number of benzene rings is 2. The minimum absolute atomic E-state index is 0.607. The summed E-state index contributed by atoms with van der Waals surface area (Å²) in [6, 6.07) is 11.2. The van der Waals surface area contributed by atoms with Gasteiger partial charge in [-0.05, 0) is 36.4 Å². The molecule has 0 aliphatic heterocycles. The molecule has 8 heteroatoms. The minimum Gasteiger partial charge on any atom is -0.493 e. The molecule has 8 nitrogen and oxygen atoms in total. The van der Waals surface area contributed by atoms with Gasteiger partial charge in [-0.25, -0.2) is 0 Å². The lowest BCUT2D eigenvalue weighted by atomic mass is 10.0. The van der Waals surface area contributed by atoms with E-state index < -0.39 is 0 Å². The molecule has 0 fully saturated rings. The zero-order valence-electron chi connectivity index (χ0n) is 17.0. The Hall–Kier alpha value is -3.94. The summed E-state index contributed by atoms with van der Waals surface area (Å²) in [5.41, 5.74) is 3.00. The van der Waals surface area contributed by atoms with Gasteiger partial charge in [0.25, 0.3) is 0 Å². The van der Waals surface area contributed by atoms with Crippen molar-refractivity contribution in [1.29, 1.82) is 0 Å². The molecular weight excluding hydrogens is 384 g/mol. The SMILES string of the molecule is COc1ccc(-c2nnc(-c3ccc(OC)c(OC)c3)c3cnncc23)cc1OC. The van der Waals surface area contributed by atoms with Gasteiger partial charge in [-0.15, -0.1) is 10.2 Å². The number of hydrogen-bond acceptors (Lipinski definition) is 8. The van der Waals surface area contributed by atoms with E-state index in [1.54, 1.807) is 40.8 Å². The van der Waals surface area contributed by atoms with Crippen molar-refractivity contribution in [2.75, 3.05) is 28.4 Å². The van der Waals surface area contributed by atoms with Gasteiger partial charge in [0.1, 0.15) is 11.4 Å². The molecule has 0 aliphatic carbocycles. The molecular formula is C22H20N4O4. The second-order valence-corrected chi connectivity index (χ2v) is 6.35. The van der Waals surface area contributed by atoms with Gasteiger partial charge in [0.05, 0.1) is 40.8 Å². The van der Waals surface area contributed by atoms with Crippen molar-refractivity contribution in [2.45, 2.75) is 0 Å². The maximum Gasteiger partial charge on any atom is 0.161 e. The fraction of sp³-hybridized carbons (Fsp3) is 0.182. The van der Waals surface area contributed by atoms with Crippen LogP contribution < -0.4 is 18.9 Å². The molecule has 0 amide bonds. The Morgan fingerprint density at radius 1 is 0.533 bits per heavy atom. The molecule has 0 saturated carbocycles. The summed E-state index contributed by atoms with van der Waals surface area (Å²) in [7, 11) is 6.38. The van der Waals surface area contributed by atoms with Gasteiger partial charge >= 0.3 is 0 Å².